The van der Waals surface area contributed by atoms with Gasteiger partial charge in [-0.25, -0.2) is 4.98 Å². The Balaban J connectivity index is 1.76. The summed E-state index contributed by atoms with van der Waals surface area (Å²) in [6, 6.07) is 6.60. The summed E-state index contributed by atoms with van der Waals surface area (Å²) in [5.41, 5.74) is 0.699. The van der Waals surface area contributed by atoms with E-state index in [2.05, 4.69) is 20.9 Å². The van der Waals surface area contributed by atoms with Gasteiger partial charge in [-0.2, -0.15) is 5.26 Å². The van der Waals surface area contributed by atoms with E-state index in [9.17, 15) is 5.26 Å². The lowest BCUT2D eigenvalue weighted by Gasteiger charge is -2.38. The molecule has 0 N–H and O–H groups in total. The van der Waals surface area contributed by atoms with Crippen LogP contribution in [0.15, 0.2) is 18.3 Å². The summed E-state index contributed by atoms with van der Waals surface area (Å²) in [6.07, 6.45) is 6.94. The van der Waals surface area contributed by atoms with Crippen LogP contribution in [-0.2, 0) is 0 Å². The van der Waals surface area contributed by atoms with Crippen molar-refractivity contribution in [3.05, 3.63) is 23.9 Å². The highest BCUT2D eigenvalue weighted by Gasteiger charge is 2.28. The smallest absolute Gasteiger partial charge is 0.146 e. The zero-order valence-corrected chi connectivity index (χ0v) is 11.3. The molecule has 0 unspecified atom stereocenters. The molecule has 2 saturated heterocycles. The zero-order chi connectivity index (χ0) is 13.1. The van der Waals surface area contributed by atoms with Crippen LogP contribution >= 0.6 is 0 Å². The highest BCUT2D eigenvalue weighted by molar-refractivity contribution is 5.53. The van der Waals surface area contributed by atoms with E-state index >= 15 is 0 Å². The molecule has 3 heterocycles. The Kier molecular flexibility index (Phi) is 3.65. The van der Waals surface area contributed by atoms with Crippen LogP contribution in [0.4, 0.5) is 5.82 Å². The Morgan fingerprint density at radius 3 is 2.84 bits per heavy atom. The number of hydrogen-bond acceptors (Lipinski definition) is 4. The number of pyridine rings is 1. The number of hydrogen-bond donors (Lipinski definition) is 0. The maximum absolute atomic E-state index is 9.20. The number of nitriles is 1. The summed E-state index contributed by atoms with van der Waals surface area (Å²) in [7, 11) is 0. The van der Waals surface area contributed by atoms with Gasteiger partial charge in [0.1, 0.15) is 11.9 Å². The van der Waals surface area contributed by atoms with Crippen molar-refractivity contribution in [1.82, 2.24) is 9.88 Å². The van der Waals surface area contributed by atoms with Crippen molar-refractivity contribution in [3.63, 3.8) is 0 Å². The van der Waals surface area contributed by atoms with E-state index in [4.69, 9.17) is 0 Å². The van der Waals surface area contributed by atoms with E-state index in [1.807, 2.05) is 12.1 Å². The molecule has 0 spiro atoms. The number of aromatic nitrogens is 1. The fraction of sp³-hybridized carbons (Fsp3) is 0.600. The van der Waals surface area contributed by atoms with Crippen LogP contribution in [0, 0.1) is 11.3 Å². The third-order valence-electron chi connectivity index (χ3n) is 4.26. The first-order valence-corrected chi connectivity index (χ1v) is 7.22. The van der Waals surface area contributed by atoms with Crippen LogP contribution in [0.2, 0.25) is 0 Å². The SMILES string of the molecule is N#Cc1cccnc1N1CCC[C@H](N2CCCC2)C1. The quantitative estimate of drug-likeness (QED) is 0.812. The van der Waals surface area contributed by atoms with Gasteiger partial charge < -0.3 is 4.90 Å². The molecule has 2 fully saturated rings. The van der Waals surface area contributed by atoms with Gasteiger partial charge in [-0.3, -0.25) is 4.90 Å². The lowest BCUT2D eigenvalue weighted by atomic mass is 10.0. The first kappa shape index (κ1) is 12.4. The molecule has 1 aromatic rings. The maximum atomic E-state index is 9.20. The Bertz CT molecular complexity index is 473. The molecule has 1 atom stereocenters. The van der Waals surface area contributed by atoms with Gasteiger partial charge in [-0.15, -0.1) is 0 Å². The monoisotopic (exact) mass is 256 g/mol. The highest BCUT2D eigenvalue weighted by Crippen LogP contribution is 2.25. The normalized spacial score (nSPS) is 24.4. The van der Waals surface area contributed by atoms with Gasteiger partial charge in [0.15, 0.2) is 0 Å². The fourth-order valence-corrected chi connectivity index (χ4v) is 3.29. The molecule has 4 nitrogen and oxygen atoms in total. The van der Waals surface area contributed by atoms with Crippen molar-refractivity contribution in [2.24, 2.45) is 0 Å². The standard InChI is InChI=1S/C15H20N4/c16-11-13-5-3-7-17-15(13)19-10-4-6-14(12-19)18-8-1-2-9-18/h3,5,7,14H,1-2,4,6,8-10,12H2/t14-/m0/s1. The van der Waals surface area contributed by atoms with E-state index in [1.54, 1.807) is 6.20 Å². The van der Waals surface area contributed by atoms with Gasteiger partial charge >= 0.3 is 0 Å². The van der Waals surface area contributed by atoms with Crippen LogP contribution in [0.3, 0.4) is 0 Å². The summed E-state index contributed by atoms with van der Waals surface area (Å²) in [5.74, 6) is 0.869. The van der Waals surface area contributed by atoms with Gasteiger partial charge in [0, 0.05) is 25.3 Å². The van der Waals surface area contributed by atoms with Gasteiger partial charge in [0.25, 0.3) is 0 Å². The van der Waals surface area contributed by atoms with Crippen LogP contribution in [-0.4, -0.2) is 42.1 Å². The zero-order valence-electron chi connectivity index (χ0n) is 11.3. The Labute approximate surface area is 114 Å². The van der Waals surface area contributed by atoms with Crippen LogP contribution in [0.25, 0.3) is 0 Å². The summed E-state index contributed by atoms with van der Waals surface area (Å²) in [4.78, 5) is 9.33. The average molecular weight is 256 g/mol. The predicted molar refractivity (Wildman–Crippen MR) is 75.0 cm³/mol. The van der Waals surface area contributed by atoms with Crippen molar-refractivity contribution in [2.45, 2.75) is 31.7 Å². The minimum absolute atomic E-state index is 0.643. The summed E-state index contributed by atoms with van der Waals surface area (Å²) >= 11 is 0. The van der Waals surface area contributed by atoms with Gasteiger partial charge in [0.2, 0.25) is 0 Å². The van der Waals surface area contributed by atoms with Crippen molar-refractivity contribution >= 4 is 5.82 Å². The van der Waals surface area contributed by atoms with E-state index in [0.717, 1.165) is 18.9 Å². The van der Waals surface area contributed by atoms with Gasteiger partial charge in [0.05, 0.1) is 5.56 Å². The van der Waals surface area contributed by atoms with Crippen molar-refractivity contribution in [3.8, 4) is 6.07 Å². The van der Waals surface area contributed by atoms with Crippen molar-refractivity contribution < 1.29 is 0 Å². The predicted octanol–water partition coefficient (Wildman–Crippen LogP) is 2.02. The lowest BCUT2D eigenvalue weighted by molar-refractivity contribution is 0.215. The number of nitrogens with zero attached hydrogens (tertiary/aromatic N) is 4. The molecule has 2 aliphatic heterocycles. The Morgan fingerprint density at radius 1 is 1.21 bits per heavy atom. The molecule has 4 heteroatoms. The third-order valence-corrected chi connectivity index (χ3v) is 4.26. The molecule has 0 aromatic carbocycles. The molecule has 100 valence electrons. The number of piperidine rings is 1. The molecular weight excluding hydrogens is 236 g/mol. The van der Waals surface area contributed by atoms with Crippen LogP contribution < -0.4 is 4.90 Å². The second kappa shape index (κ2) is 5.58. The second-order valence-electron chi connectivity index (χ2n) is 5.47. The maximum Gasteiger partial charge on any atom is 0.146 e. The van der Waals surface area contributed by atoms with E-state index < -0.39 is 0 Å². The Morgan fingerprint density at radius 2 is 2.05 bits per heavy atom. The second-order valence-corrected chi connectivity index (χ2v) is 5.47. The molecular formula is C15H20N4. The largest absolute Gasteiger partial charge is 0.354 e. The summed E-state index contributed by atoms with van der Waals surface area (Å²) < 4.78 is 0. The first-order chi connectivity index (χ1) is 9.38. The van der Waals surface area contributed by atoms with Crippen molar-refractivity contribution in [2.75, 3.05) is 31.1 Å². The lowest BCUT2D eigenvalue weighted by Crippen LogP contribution is -2.47. The number of rotatable bonds is 2. The van der Waals surface area contributed by atoms with E-state index in [-0.39, 0.29) is 0 Å². The number of anilines is 1. The molecule has 2 aliphatic rings. The first-order valence-electron chi connectivity index (χ1n) is 7.22. The topological polar surface area (TPSA) is 43.2 Å². The number of likely N-dealkylation sites (tertiary alicyclic amines) is 1. The summed E-state index contributed by atoms with van der Waals surface area (Å²) in [6.45, 7) is 4.53. The molecule has 0 aliphatic carbocycles. The average Bonchev–Trinajstić information content (AvgIpc) is 3.01. The summed E-state index contributed by atoms with van der Waals surface area (Å²) in [5, 5.41) is 9.20. The fourth-order valence-electron chi connectivity index (χ4n) is 3.29. The highest BCUT2D eigenvalue weighted by atomic mass is 15.3. The van der Waals surface area contributed by atoms with Gasteiger partial charge in [-0.1, -0.05) is 0 Å². The molecule has 1 aromatic heterocycles. The van der Waals surface area contributed by atoms with Crippen LogP contribution in [0.1, 0.15) is 31.2 Å². The molecule has 0 saturated carbocycles. The molecule has 0 bridgehead atoms. The minimum atomic E-state index is 0.643. The molecule has 0 radical (unpaired) electrons. The van der Waals surface area contributed by atoms with E-state index in [1.165, 1.54) is 38.8 Å². The molecule has 0 amide bonds. The van der Waals surface area contributed by atoms with E-state index in [0.29, 0.717) is 11.6 Å². The Hall–Kier alpha value is -1.60. The minimum Gasteiger partial charge on any atom is -0.354 e. The van der Waals surface area contributed by atoms with Crippen molar-refractivity contribution in [1.29, 1.82) is 5.26 Å². The molecule has 19 heavy (non-hydrogen) atoms. The third kappa shape index (κ3) is 2.57. The molecule has 3 rings (SSSR count). The van der Waals surface area contributed by atoms with Crippen LogP contribution in [0.5, 0.6) is 0 Å². The van der Waals surface area contributed by atoms with Gasteiger partial charge in [-0.05, 0) is 50.9 Å².